The summed E-state index contributed by atoms with van der Waals surface area (Å²) in [7, 11) is 1.60. The Bertz CT molecular complexity index is 629. The van der Waals surface area contributed by atoms with Crippen LogP contribution in [0.25, 0.3) is 0 Å². The highest BCUT2D eigenvalue weighted by Crippen LogP contribution is 2.30. The third-order valence-electron chi connectivity index (χ3n) is 3.26. The number of ether oxygens (including phenoxy) is 2. The number of pyridine rings is 1. The minimum absolute atomic E-state index is 0.155. The Balaban J connectivity index is 2.12. The van der Waals surface area contributed by atoms with Crippen LogP contribution in [-0.4, -0.2) is 24.6 Å². The number of aromatic nitrogens is 1. The molecule has 1 amide bonds. The third-order valence-corrected chi connectivity index (χ3v) is 3.26. The van der Waals surface area contributed by atoms with Crippen molar-refractivity contribution in [3.8, 4) is 11.5 Å². The van der Waals surface area contributed by atoms with Crippen LogP contribution >= 0.6 is 0 Å². The van der Waals surface area contributed by atoms with Crippen LogP contribution < -0.4 is 14.8 Å². The molecule has 1 atom stereocenters. The zero-order valence-electron chi connectivity index (χ0n) is 13.0. The van der Waals surface area contributed by atoms with E-state index >= 15 is 0 Å². The van der Waals surface area contributed by atoms with Gasteiger partial charge in [-0.2, -0.15) is 0 Å². The predicted octanol–water partition coefficient (Wildman–Crippen LogP) is 2.98. The number of carbonyl (C=O) groups is 1. The van der Waals surface area contributed by atoms with E-state index in [1.807, 2.05) is 32.0 Å². The minimum Gasteiger partial charge on any atom is -0.493 e. The van der Waals surface area contributed by atoms with Gasteiger partial charge in [-0.1, -0.05) is 6.07 Å². The SMILES string of the molecule is CCOc1ccc(C(C)NC(=O)c2cccnc2)cc1OC. The van der Waals surface area contributed by atoms with Gasteiger partial charge in [0.05, 0.1) is 25.3 Å². The zero-order valence-corrected chi connectivity index (χ0v) is 13.0. The van der Waals surface area contributed by atoms with Crippen LogP contribution in [0, 0.1) is 0 Å². The van der Waals surface area contributed by atoms with Crippen LogP contribution in [0.2, 0.25) is 0 Å². The lowest BCUT2D eigenvalue weighted by atomic mass is 10.1. The highest BCUT2D eigenvalue weighted by molar-refractivity contribution is 5.94. The second-order valence-electron chi connectivity index (χ2n) is 4.78. The highest BCUT2D eigenvalue weighted by Gasteiger charge is 2.14. The van der Waals surface area contributed by atoms with E-state index in [0.717, 1.165) is 5.56 Å². The van der Waals surface area contributed by atoms with Gasteiger partial charge >= 0.3 is 0 Å². The molecule has 1 heterocycles. The first-order chi connectivity index (χ1) is 10.7. The first-order valence-electron chi connectivity index (χ1n) is 7.17. The van der Waals surface area contributed by atoms with E-state index in [4.69, 9.17) is 9.47 Å². The van der Waals surface area contributed by atoms with Gasteiger partial charge in [-0.05, 0) is 43.7 Å². The number of rotatable bonds is 6. The predicted molar refractivity (Wildman–Crippen MR) is 84.3 cm³/mol. The van der Waals surface area contributed by atoms with Gasteiger partial charge in [-0.3, -0.25) is 9.78 Å². The Morgan fingerprint density at radius 3 is 2.77 bits per heavy atom. The Morgan fingerprint density at radius 2 is 2.14 bits per heavy atom. The summed E-state index contributed by atoms with van der Waals surface area (Å²) in [6, 6.07) is 8.95. The number of carbonyl (C=O) groups excluding carboxylic acids is 1. The smallest absolute Gasteiger partial charge is 0.253 e. The van der Waals surface area contributed by atoms with Crippen molar-refractivity contribution in [1.82, 2.24) is 10.3 Å². The molecular formula is C17H20N2O3. The molecule has 0 aliphatic carbocycles. The molecule has 0 spiro atoms. The Morgan fingerprint density at radius 1 is 1.32 bits per heavy atom. The van der Waals surface area contributed by atoms with Crippen LogP contribution in [-0.2, 0) is 0 Å². The van der Waals surface area contributed by atoms with Gasteiger partial charge in [0.2, 0.25) is 0 Å². The molecule has 22 heavy (non-hydrogen) atoms. The van der Waals surface area contributed by atoms with Gasteiger partial charge in [0.25, 0.3) is 5.91 Å². The van der Waals surface area contributed by atoms with Crippen molar-refractivity contribution >= 4 is 5.91 Å². The molecule has 0 aliphatic heterocycles. The fraction of sp³-hybridized carbons (Fsp3) is 0.294. The van der Waals surface area contributed by atoms with Gasteiger partial charge in [0.15, 0.2) is 11.5 Å². The van der Waals surface area contributed by atoms with Crippen LogP contribution in [0.15, 0.2) is 42.7 Å². The molecule has 1 aromatic heterocycles. The lowest BCUT2D eigenvalue weighted by molar-refractivity contribution is 0.0939. The first-order valence-corrected chi connectivity index (χ1v) is 7.17. The van der Waals surface area contributed by atoms with Gasteiger partial charge in [0, 0.05) is 12.4 Å². The molecule has 2 rings (SSSR count). The molecule has 5 nitrogen and oxygen atoms in total. The number of benzene rings is 1. The molecule has 116 valence electrons. The molecule has 0 aliphatic rings. The number of hydrogen-bond acceptors (Lipinski definition) is 4. The Labute approximate surface area is 130 Å². The van der Waals surface area contributed by atoms with Crippen molar-refractivity contribution in [3.05, 3.63) is 53.9 Å². The van der Waals surface area contributed by atoms with E-state index in [-0.39, 0.29) is 11.9 Å². The highest BCUT2D eigenvalue weighted by atomic mass is 16.5. The summed E-state index contributed by atoms with van der Waals surface area (Å²) >= 11 is 0. The fourth-order valence-electron chi connectivity index (χ4n) is 2.09. The van der Waals surface area contributed by atoms with E-state index in [1.54, 1.807) is 31.6 Å². The van der Waals surface area contributed by atoms with Gasteiger partial charge < -0.3 is 14.8 Å². The van der Waals surface area contributed by atoms with E-state index in [2.05, 4.69) is 10.3 Å². The van der Waals surface area contributed by atoms with Crippen LogP contribution in [0.1, 0.15) is 35.8 Å². The molecule has 1 aromatic carbocycles. The average molecular weight is 300 g/mol. The second-order valence-corrected chi connectivity index (χ2v) is 4.78. The van der Waals surface area contributed by atoms with Gasteiger partial charge in [0.1, 0.15) is 0 Å². The largest absolute Gasteiger partial charge is 0.493 e. The Hall–Kier alpha value is -2.56. The lowest BCUT2D eigenvalue weighted by Gasteiger charge is -2.17. The van der Waals surface area contributed by atoms with Crippen LogP contribution in [0.3, 0.4) is 0 Å². The molecule has 2 aromatic rings. The molecule has 0 saturated heterocycles. The molecule has 0 saturated carbocycles. The Kier molecular flexibility index (Phi) is 5.36. The molecular weight excluding hydrogens is 280 g/mol. The first kappa shape index (κ1) is 15.8. The number of methoxy groups -OCH3 is 1. The van der Waals surface area contributed by atoms with E-state index in [0.29, 0.717) is 23.7 Å². The van der Waals surface area contributed by atoms with E-state index < -0.39 is 0 Å². The lowest BCUT2D eigenvalue weighted by Crippen LogP contribution is -2.26. The summed E-state index contributed by atoms with van der Waals surface area (Å²) < 4.78 is 10.8. The summed E-state index contributed by atoms with van der Waals surface area (Å²) in [5.41, 5.74) is 1.48. The summed E-state index contributed by atoms with van der Waals surface area (Å²) in [5, 5.41) is 2.94. The fourth-order valence-corrected chi connectivity index (χ4v) is 2.09. The van der Waals surface area contributed by atoms with Crippen molar-refractivity contribution in [3.63, 3.8) is 0 Å². The standard InChI is InChI=1S/C17H20N2O3/c1-4-22-15-8-7-13(10-16(15)21-3)12(2)19-17(20)14-6-5-9-18-11-14/h5-12H,4H2,1-3H3,(H,19,20). The molecule has 5 heteroatoms. The number of amides is 1. The van der Waals surface area contributed by atoms with Crippen molar-refractivity contribution < 1.29 is 14.3 Å². The van der Waals surface area contributed by atoms with Crippen molar-refractivity contribution in [2.45, 2.75) is 19.9 Å². The van der Waals surface area contributed by atoms with Crippen molar-refractivity contribution in [2.24, 2.45) is 0 Å². The van der Waals surface area contributed by atoms with Gasteiger partial charge in [-0.15, -0.1) is 0 Å². The van der Waals surface area contributed by atoms with Gasteiger partial charge in [-0.25, -0.2) is 0 Å². The number of hydrogen-bond donors (Lipinski definition) is 1. The summed E-state index contributed by atoms with van der Waals surface area (Å²) in [6.45, 7) is 4.41. The summed E-state index contributed by atoms with van der Waals surface area (Å²) in [4.78, 5) is 16.1. The monoisotopic (exact) mass is 300 g/mol. The summed E-state index contributed by atoms with van der Waals surface area (Å²) in [5.74, 6) is 1.19. The maximum Gasteiger partial charge on any atom is 0.253 e. The van der Waals surface area contributed by atoms with Crippen LogP contribution in [0.4, 0.5) is 0 Å². The molecule has 0 radical (unpaired) electrons. The van der Waals surface area contributed by atoms with Crippen molar-refractivity contribution in [1.29, 1.82) is 0 Å². The average Bonchev–Trinajstić information content (AvgIpc) is 2.56. The van der Waals surface area contributed by atoms with E-state index in [1.165, 1.54) is 0 Å². The normalized spacial score (nSPS) is 11.6. The topological polar surface area (TPSA) is 60.5 Å². The molecule has 1 unspecified atom stereocenters. The third kappa shape index (κ3) is 3.75. The minimum atomic E-state index is -0.159. The molecule has 0 bridgehead atoms. The molecule has 0 fully saturated rings. The van der Waals surface area contributed by atoms with Crippen LogP contribution in [0.5, 0.6) is 11.5 Å². The van der Waals surface area contributed by atoms with E-state index in [9.17, 15) is 4.79 Å². The molecule has 1 N–H and O–H groups in total. The zero-order chi connectivity index (χ0) is 15.9. The summed E-state index contributed by atoms with van der Waals surface area (Å²) in [6.07, 6.45) is 3.18. The van der Waals surface area contributed by atoms with Crippen molar-refractivity contribution in [2.75, 3.05) is 13.7 Å². The maximum atomic E-state index is 12.1. The quantitative estimate of drug-likeness (QED) is 0.891. The number of nitrogens with one attached hydrogen (secondary N) is 1. The second kappa shape index (κ2) is 7.45. The maximum absolute atomic E-state index is 12.1. The number of nitrogens with zero attached hydrogens (tertiary/aromatic N) is 1.